The second-order valence-electron chi connectivity index (χ2n) is 4.94. The van der Waals surface area contributed by atoms with Crippen molar-refractivity contribution in [2.24, 2.45) is 5.16 Å². The molecule has 0 saturated heterocycles. The second-order valence-corrected chi connectivity index (χ2v) is 6.76. The van der Waals surface area contributed by atoms with Gasteiger partial charge in [-0.05, 0) is 10.7 Å². The highest BCUT2D eigenvalue weighted by Gasteiger charge is 2.21. The number of benzene rings is 1. The van der Waals surface area contributed by atoms with E-state index in [1.165, 1.54) is 11.9 Å². The number of hydrogen-bond acceptors (Lipinski definition) is 8. The van der Waals surface area contributed by atoms with Crippen LogP contribution in [0.5, 0.6) is 0 Å². The summed E-state index contributed by atoms with van der Waals surface area (Å²) in [7, 11) is -1.53. The van der Waals surface area contributed by atoms with Crippen LogP contribution in [0, 0.1) is 0 Å². The fraction of sp³-hybridized carbons (Fsp3) is 0.400. The van der Waals surface area contributed by atoms with E-state index in [0.29, 0.717) is 5.56 Å². The lowest BCUT2D eigenvalue weighted by atomic mass is 10.2. The molecule has 0 radical (unpaired) electrons. The van der Waals surface area contributed by atoms with Crippen molar-refractivity contribution in [3.63, 3.8) is 0 Å². The molecule has 0 aliphatic heterocycles. The fourth-order valence-corrected chi connectivity index (χ4v) is 2.61. The SMILES string of the molecule is COC(=O)/C(=N/OS(=O)(=O)Cc1ccccc1)N(C)CCOC(=O)CCl. The molecule has 1 rings (SSSR count). The molecule has 26 heavy (non-hydrogen) atoms. The Hall–Kier alpha value is -2.33. The van der Waals surface area contributed by atoms with Gasteiger partial charge in [-0.1, -0.05) is 30.3 Å². The van der Waals surface area contributed by atoms with Crippen molar-refractivity contribution in [1.29, 1.82) is 0 Å². The van der Waals surface area contributed by atoms with Gasteiger partial charge in [0.15, 0.2) is 0 Å². The Morgan fingerprint density at radius 2 is 1.88 bits per heavy atom. The molecule has 0 saturated carbocycles. The van der Waals surface area contributed by atoms with Crippen molar-refractivity contribution in [2.45, 2.75) is 5.75 Å². The Morgan fingerprint density at radius 3 is 2.46 bits per heavy atom. The Balaban J connectivity index is 2.78. The average molecular weight is 407 g/mol. The first-order valence-corrected chi connectivity index (χ1v) is 9.44. The highest BCUT2D eigenvalue weighted by atomic mass is 35.5. The van der Waals surface area contributed by atoms with Gasteiger partial charge in [-0.25, -0.2) is 4.79 Å². The van der Waals surface area contributed by atoms with Gasteiger partial charge in [0.25, 0.3) is 5.84 Å². The lowest BCUT2D eigenvalue weighted by molar-refractivity contribution is -0.140. The van der Waals surface area contributed by atoms with E-state index < -0.39 is 33.6 Å². The Morgan fingerprint density at radius 1 is 1.23 bits per heavy atom. The number of carbonyl (C=O) groups excluding carboxylic acids is 2. The van der Waals surface area contributed by atoms with Gasteiger partial charge in [-0.3, -0.25) is 9.08 Å². The molecular formula is C15H19ClN2O7S. The topological polar surface area (TPSA) is 112 Å². The summed E-state index contributed by atoms with van der Waals surface area (Å²) in [5.74, 6) is -2.65. The zero-order valence-electron chi connectivity index (χ0n) is 14.3. The van der Waals surface area contributed by atoms with E-state index in [2.05, 4.69) is 14.2 Å². The molecule has 144 valence electrons. The third-order valence-corrected chi connectivity index (χ3v) is 4.16. The van der Waals surface area contributed by atoms with Crippen LogP contribution in [0.3, 0.4) is 0 Å². The molecule has 0 aliphatic rings. The number of ether oxygens (including phenoxy) is 2. The maximum absolute atomic E-state index is 12.0. The summed E-state index contributed by atoms with van der Waals surface area (Å²) in [4.78, 5) is 24.0. The second kappa shape index (κ2) is 10.6. The first kappa shape index (κ1) is 21.7. The van der Waals surface area contributed by atoms with Crippen LogP contribution in [0.15, 0.2) is 35.5 Å². The number of methoxy groups -OCH3 is 1. The molecule has 0 atom stereocenters. The maximum Gasteiger partial charge on any atom is 0.377 e. The molecule has 9 nitrogen and oxygen atoms in total. The van der Waals surface area contributed by atoms with Gasteiger partial charge in [-0.15, -0.1) is 11.6 Å². The summed E-state index contributed by atoms with van der Waals surface area (Å²) in [6.07, 6.45) is 0. The van der Waals surface area contributed by atoms with Gasteiger partial charge < -0.3 is 14.4 Å². The Labute approximate surface area is 156 Å². The summed E-state index contributed by atoms with van der Waals surface area (Å²) in [5, 5.41) is 3.39. The molecule has 1 aromatic carbocycles. The van der Waals surface area contributed by atoms with Crippen molar-refractivity contribution in [3.05, 3.63) is 35.9 Å². The molecule has 0 aromatic heterocycles. The quantitative estimate of drug-likeness (QED) is 0.204. The van der Waals surface area contributed by atoms with E-state index in [4.69, 9.17) is 16.3 Å². The fourth-order valence-electron chi connectivity index (χ4n) is 1.69. The van der Waals surface area contributed by atoms with Crippen LogP contribution in [-0.2, 0) is 39.2 Å². The molecule has 0 bridgehead atoms. The first-order chi connectivity index (χ1) is 12.3. The minimum atomic E-state index is -4.07. The summed E-state index contributed by atoms with van der Waals surface area (Å²) in [6, 6.07) is 8.34. The Kier molecular flexibility index (Phi) is 8.86. The Bertz CT molecular complexity index is 738. The number of halogens is 1. The van der Waals surface area contributed by atoms with Gasteiger partial charge in [0.05, 0.1) is 13.7 Å². The van der Waals surface area contributed by atoms with Crippen LogP contribution >= 0.6 is 11.6 Å². The highest BCUT2D eigenvalue weighted by Crippen LogP contribution is 2.08. The number of amidine groups is 1. The summed E-state index contributed by atoms with van der Waals surface area (Å²) in [5.41, 5.74) is 0.503. The van der Waals surface area contributed by atoms with E-state index in [1.807, 2.05) is 0 Å². The smallest absolute Gasteiger partial charge is 0.377 e. The van der Waals surface area contributed by atoms with Crippen LogP contribution < -0.4 is 0 Å². The first-order valence-electron chi connectivity index (χ1n) is 7.33. The number of oxime groups is 1. The summed E-state index contributed by atoms with van der Waals surface area (Å²) >= 11 is 5.30. The van der Waals surface area contributed by atoms with Gasteiger partial charge >= 0.3 is 22.1 Å². The van der Waals surface area contributed by atoms with Crippen molar-refractivity contribution < 1.29 is 31.8 Å². The van der Waals surface area contributed by atoms with E-state index in [1.54, 1.807) is 30.3 Å². The minimum absolute atomic E-state index is 0.0403. The normalized spacial score (nSPS) is 11.6. The largest absolute Gasteiger partial charge is 0.463 e. The van der Waals surface area contributed by atoms with Gasteiger partial charge in [0, 0.05) is 7.05 Å². The average Bonchev–Trinajstić information content (AvgIpc) is 2.61. The maximum atomic E-state index is 12.0. The van der Waals surface area contributed by atoms with Gasteiger partial charge in [-0.2, -0.15) is 8.42 Å². The molecule has 0 unspecified atom stereocenters. The molecule has 0 spiro atoms. The van der Waals surface area contributed by atoms with Crippen molar-refractivity contribution in [2.75, 3.05) is 33.2 Å². The number of likely N-dealkylation sites (N-methyl/N-ethyl adjacent to an activating group) is 1. The molecule has 11 heteroatoms. The monoisotopic (exact) mass is 406 g/mol. The predicted molar refractivity (Wildman–Crippen MR) is 93.9 cm³/mol. The van der Waals surface area contributed by atoms with Crippen LogP contribution in [0.4, 0.5) is 0 Å². The zero-order chi connectivity index (χ0) is 19.6. The third-order valence-electron chi connectivity index (χ3n) is 2.95. The number of alkyl halides is 1. The van der Waals surface area contributed by atoms with Crippen molar-refractivity contribution in [3.8, 4) is 0 Å². The number of carbonyl (C=O) groups is 2. The summed E-state index contributed by atoms with van der Waals surface area (Å²) < 4.78 is 37.9. The highest BCUT2D eigenvalue weighted by molar-refractivity contribution is 7.85. The summed E-state index contributed by atoms with van der Waals surface area (Å²) in [6.45, 7) is -0.0481. The minimum Gasteiger partial charge on any atom is -0.463 e. The van der Waals surface area contributed by atoms with Crippen LogP contribution in [-0.4, -0.2) is 64.3 Å². The van der Waals surface area contributed by atoms with Crippen LogP contribution in [0.2, 0.25) is 0 Å². The standard InChI is InChI=1S/C15H19ClN2O7S/c1-18(8-9-24-13(19)10-16)14(15(20)23-2)17-25-26(21,22)11-12-6-4-3-5-7-12/h3-7H,8-11H2,1-2H3/b17-14-. The molecule has 0 N–H and O–H groups in total. The molecule has 0 amide bonds. The predicted octanol–water partition coefficient (Wildman–Crippen LogP) is 0.733. The van der Waals surface area contributed by atoms with Gasteiger partial charge in [0.2, 0.25) is 0 Å². The van der Waals surface area contributed by atoms with Crippen LogP contribution in [0.25, 0.3) is 0 Å². The molecular weight excluding hydrogens is 388 g/mol. The van der Waals surface area contributed by atoms with E-state index in [9.17, 15) is 18.0 Å². The van der Waals surface area contributed by atoms with Crippen molar-refractivity contribution in [1.82, 2.24) is 4.90 Å². The number of hydrogen-bond donors (Lipinski definition) is 0. The third kappa shape index (κ3) is 7.70. The lowest BCUT2D eigenvalue weighted by Crippen LogP contribution is -2.37. The number of esters is 2. The molecule has 1 aromatic rings. The van der Waals surface area contributed by atoms with E-state index in [-0.39, 0.29) is 19.0 Å². The van der Waals surface area contributed by atoms with E-state index >= 15 is 0 Å². The van der Waals surface area contributed by atoms with Crippen LogP contribution in [0.1, 0.15) is 5.56 Å². The molecule has 0 heterocycles. The zero-order valence-corrected chi connectivity index (χ0v) is 15.8. The lowest BCUT2D eigenvalue weighted by Gasteiger charge is -2.18. The number of nitrogens with zero attached hydrogens (tertiary/aromatic N) is 2. The van der Waals surface area contributed by atoms with E-state index in [0.717, 1.165) is 7.11 Å². The van der Waals surface area contributed by atoms with Gasteiger partial charge in [0.1, 0.15) is 18.2 Å². The number of rotatable bonds is 8. The van der Waals surface area contributed by atoms with Crippen molar-refractivity contribution >= 4 is 39.5 Å². The molecule has 0 fully saturated rings. The molecule has 0 aliphatic carbocycles.